The maximum Gasteiger partial charge on any atom is 0.123 e. The van der Waals surface area contributed by atoms with Crippen molar-refractivity contribution in [2.24, 2.45) is 0 Å². The Labute approximate surface area is 128 Å². The Kier molecular flexibility index (Phi) is 3.52. The molecule has 0 saturated carbocycles. The molecular weight excluding hydrogens is 256 g/mol. The van der Waals surface area contributed by atoms with Gasteiger partial charge in [0.2, 0.25) is 0 Å². The molecule has 1 heteroatoms. The molecule has 2 aromatic rings. The van der Waals surface area contributed by atoms with Gasteiger partial charge in [-0.15, -0.1) is 0 Å². The van der Waals surface area contributed by atoms with Crippen LogP contribution >= 0.6 is 0 Å². The first-order valence-electron chi connectivity index (χ1n) is 7.82. The van der Waals surface area contributed by atoms with Crippen LogP contribution in [0.2, 0.25) is 0 Å². The highest BCUT2D eigenvalue weighted by molar-refractivity contribution is 5.55. The number of hydrogen-bond acceptors (Lipinski definition) is 1. The normalized spacial score (nSPS) is 17.0. The summed E-state index contributed by atoms with van der Waals surface area (Å²) in [6.07, 6.45) is 0. The van der Waals surface area contributed by atoms with Gasteiger partial charge in [-0.25, -0.2) is 0 Å². The molecule has 3 rings (SSSR count). The Morgan fingerprint density at radius 1 is 1.00 bits per heavy atom. The molecule has 1 aliphatic rings. The third-order valence-electron chi connectivity index (χ3n) is 4.93. The molecule has 0 fully saturated rings. The second kappa shape index (κ2) is 5.22. The molecule has 1 aliphatic heterocycles. The smallest absolute Gasteiger partial charge is 0.123 e. The SMILES string of the molecule is Cc1cc2c(c(C)c1C)[C@H](c1ccc(C(C)C)cc1)CO2. The van der Waals surface area contributed by atoms with E-state index < -0.39 is 0 Å². The van der Waals surface area contributed by atoms with Crippen LogP contribution in [0.5, 0.6) is 5.75 Å². The van der Waals surface area contributed by atoms with E-state index in [1.54, 1.807) is 0 Å². The highest BCUT2D eigenvalue weighted by Gasteiger charge is 2.28. The van der Waals surface area contributed by atoms with Crippen molar-refractivity contribution < 1.29 is 4.74 Å². The van der Waals surface area contributed by atoms with Crippen LogP contribution in [0, 0.1) is 20.8 Å². The topological polar surface area (TPSA) is 9.23 Å². The van der Waals surface area contributed by atoms with E-state index in [2.05, 4.69) is 65.0 Å². The molecule has 2 aromatic carbocycles. The Morgan fingerprint density at radius 2 is 1.67 bits per heavy atom. The van der Waals surface area contributed by atoms with E-state index in [9.17, 15) is 0 Å². The van der Waals surface area contributed by atoms with Gasteiger partial charge in [-0.05, 0) is 60.6 Å². The predicted octanol–water partition coefficient (Wildman–Crippen LogP) is 5.26. The molecule has 0 unspecified atom stereocenters. The van der Waals surface area contributed by atoms with E-state index in [0.29, 0.717) is 11.8 Å². The van der Waals surface area contributed by atoms with Crippen LogP contribution in [0.25, 0.3) is 0 Å². The lowest BCUT2D eigenvalue weighted by molar-refractivity contribution is 0.343. The third kappa shape index (κ3) is 2.35. The molecule has 110 valence electrons. The molecule has 0 bridgehead atoms. The zero-order valence-electron chi connectivity index (χ0n) is 13.7. The quantitative estimate of drug-likeness (QED) is 0.729. The summed E-state index contributed by atoms with van der Waals surface area (Å²) in [6, 6.07) is 11.3. The lowest BCUT2D eigenvalue weighted by Gasteiger charge is -2.16. The van der Waals surface area contributed by atoms with Crippen molar-refractivity contribution in [2.75, 3.05) is 6.61 Å². The molecule has 1 nitrogen and oxygen atoms in total. The zero-order chi connectivity index (χ0) is 15.1. The van der Waals surface area contributed by atoms with Gasteiger partial charge in [0.25, 0.3) is 0 Å². The van der Waals surface area contributed by atoms with Gasteiger partial charge in [0.1, 0.15) is 5.75 Å². The first-order valence-corrected chi connectivity index (χ1v) is 7.82. The lowest BCUT2D eigenvalue weighted by atomic mass is 9.86. The molecule has 1 atom stereocenters. The van der Waals surface area contributed by atoms with Crippen molar-refractivity contribution in [3.63, 3.8) is 0 Å². The fourth-order valence-corrected chi connectivity index (χ4v) is 3.25. The summed E-state index contributed by atoms with van der Waals surface area (Å²) in [5.41, 5.74) is 8.25. The summed E-state index contributed by atoms with van der Waals surface area (Å²) in [6.45, 7) is 11.8. The minimum atomic E-state index is 0.375. The Morgan fingerprint density at radius 3 is 2.29 bits per heavy atom. The van der Waals surface area contributed by atoms with E-state index in [-0.39, 0.29) is 0 Å². The van der Waals surface area contributed by atoms with Crippen LogP contribution in [-0.2, 0) is 0 Å². The van der Waals surface area contributed by atoms with E-state index in [0.717, 1.165) is 12.4 Å². The predicted molar refractivity (Wildman–Crippen MR) is 88.5 cm³/mol. The van der Waals surface area contributed by atoms with Crippen molar-refractivity contribution in [2.45, 2.75) is 46.5 Å². The molecule has 21 heavy (non-hydrogen) atoms. The summed E-state index contributed by atoms with van der Waals surface area (Å²) in [5, 5.41) is 0. The van der Waals surface area contributed by atoms with E-state index in [4.69, 9.17) is 4.74 Å². The number of benzene rings is 2. The second-order valence-electron chi connectivity index (χ2n) is 6.54. The molecule has 0 amide bonds. The average molecular weight is 280 g/mol. The van der Waals surface area contributed by atoms with Crippen LogP contribution < -0.4 is 4.74 Å². The molecule has 0 radical (unpaired) electrons. The molecule has 1 heterocycles. The second-order valence-corrected chi connectivity index (χ2v) is 6.54. The van der Waals surface area contributed by atoms with Crippen molar-refractivity contribution in [3.8, 4) is 5.75 Å². The number of ether oxygens (including phenoxy) is 1. The van der Waals surface area contributed by atoms with Gasteiger partial charge in [-0.1, -0.05) is 38.1 Å². The fraction of sp³-hybridized carbons (Fsp3) is 0.400. The highest BCUT2D eigenvalue weighted by Crippen LogP contribution is 2.42. The lowest BCUT2D eigenvalue weighted by Crippen LogP contribution is -2.04. The van der Waals surface area contributed by atoms with Crippen LogP contribution in [0.1, 0.15) is 59.1 Å². The van der Waals surface area contributed by atoms with E-state index in [1.165, 1.54) is 33.4 Å². The first-order chi connectivity index (χ1) is 9.99. The summed E-state index contributed by atoms with van der Waals surface area (Å²) in [5.74, 6) is 2.03. The van der Waals surface area contributed by atoms with Gasteiger partial charge in [-0.3, -0.25) is 0 Å². The maximum atomic E-state index is 5.96. The average Bonchev–Trinajstić information content (AvgIpc) is 2.88. The van der Waals surface area contributed by atoms with Gasteiger partial charge in [0.05, 0.1) is 6.61 Å². The number of rotatable bonds is 2. The fourth-order valence-electron chi connectivity index (χ4n) is 3.25. The molecular formula is C20H24O. The van der Waals surface area contributed by atoms with Crippen molar-refractivity contribution >= 4 is 0 Å². The van der Waals surface area contributed by atoms with Crippen molar-refractivity contribution in [1.29, 1.82) is 0 Å². The standard InChI is InChI=1S/C20H24O/c1-12(2)16-6-8-17(9-7-16)18-11-21-19-10-13(3)14(4)15(5)20(18)19/h6-10,12,18H,11H2,1-5H3/t18-/m0/s1. The molecule has 0 spiro atoms. The van der Waals surface area contributed by atoms with Gasteiger partial charge in [0.15, 0.2) is 0 Å². The first kappa shape index (κ1) is 14.2. The summed E-state index contributed by atoms with van der Waals surface area (Å²) in [7, 11) is 0. The number of aryl methyl sites for hydroxylation is 1. The van der Waals surface area contributed by atoms with E-state index >= 15 is 0 Å². The minimum absolute atomic E-state index is 0.375. The zero-order valence-corrected chi connectivity index (χ0v) is 13.7. The Bertz CT molecular complexity index is 665. The van der Waals surface area contributed by atoms with Gasteiger partial charge >= 0.3 is 0 Å². The van der Waals surface area contributed by atoms with Crippen LogP contribution in [0.3, 0.4) is 0 Å². The monoisotopic (exact) mass is 280 g/mol. The molecule has 0 saturated heterocycles. The Balaban J connectivity index is 2.03. The number of fused-ring (bicyclic) bond motifs is 1. The Hall–Kier alpha value is -1.76. The molecule has 0 aromatic heterocycles. The van der Waals surface area contributed by atoms with Gasteiger partial charge < -0.3 is 4.74 Å². The summed E-state index contributed by atoms with van der Waals surface area (Å²) in [4.78, 5) is 0. The van der Waals surface area contributed by atoms with Gasteiger partial charge in [-0.2, -0.15) is 0 Å². The highest BCUT2D eigenvalue weighted by atomic mass is 16.5. The van der Waals surface area contributed by atoms with Crippen LogP contribution in [-0.4, -0.2) is 6.61 Å². The minimum Gasteiger partial charge on any atom is -0.492 e. The maximum absolute atomic E-state index is 5.96. The summed E-state index contributed by atoms with van der Waals surface area (Å²) < 4.78 is 5.96. The largest absolute Gasteiger partial charge is 0.492 e. The van der Waals surface area contributed by atoms with E-state index in [1.807, 2.05) is 0 Å². The number of hydrogen-bond donors (Lipinski definition) is 0. The molecule has 0 aliphatic carbocycles. The van der Waals surface area contributed by atoms with Crippen molar-refractivity contribution in [1.82, 2.24) is 0 Å². The van der Waals surface area contributed by atoms with Crippen LogP contribution in [0.15, 0.2) is 30.3 Å². The summed E-state index contributed by atoms with van der Waals surface area (Å²) >= 11 is 0. The van der Waals surface area contributed by atoms with Crippen molar-refractivity contribution in [3.05, 3.63) is 63.7 Å². The molecule has 0 N–H and O–H groups in total. The van der Waals surface area contributed by atoms with Crippen LogP contribution in [0.4, 0.5) is 0 Å². The third-order valence-corrected chi connectivity index (χ3v) is 4.93. The van der Waals surface area contributed by atoms with Gasteiger partial charge in [0, 0.05) is 11.5 Å².